The van der Waals surface area contributed by atoms with Gasteiger partial charge < -0.3 is 14.9 Å². The highest BCUT2D eigenvalue weighted by Gasteiger charge is 2.39. The molecule has 5 heteroatoms. The van der Waals surface area contributed by atoms with Crippen LogP contribution in [0.4, 0.5) is 4.79 Å². The summed E-state index contributed by atoms with van der Waals surface area (Å²) in [6.07, 6.45) is 5.22. The lowest BCUT2D eigenvalue weighted by molar-refractivity contribution is -0.137. The summed E-state index contributed by atoms with van der Waals surface area (Å²) in [7, 11) is 0. The van der Waals surface area contributed by atoms with E-state index in [0.29, 0.717) is 17.8 Å². The maximum Gasteiger partial charge on any atom is 0.320 e. The Kier molecular flexibility index (Phi) is 5.12. The van der Waals surface area contributed by atoms with Crippen LogP contribution >= 0.6 is 0 Å². The molecule has 0 aromatic heterocycles. The normalized spacial score (nSPS) is 24.6. The summed E-state index contributed by atoms with van der Waals surface area (Å²) in [4.78, 5) is 27.1. The van der Waals surface area contributed by atoms with E-state index in [-0.39, 0.29) is 12.5 Å². The molecule has 2 saturated heterocycles. The van der Waals surface area contributed by atoms with Crippen molar-refractivity contribution < 1.29 is 14.7 Å². The fourth-order valence-electron chi connectivity index (χ4n) is 3.70. The zero-order valence-corrected chi connectivity index (χ0v) is 13.3. The number of nitrogens with zero attached hydrogens (tertiary/aromatic N) is 2. The molecule has 2 amide bonds. The summed E-state index contributed by atoms with van der Waals surface area (Å²) in [6.45, 7) is 7.70. The van der Waals surface area contributed by atoms with Gasteiger partial charge in [0, 0.05) is 32.6 Å². The highest BCUT2D eigenvalue weighted by atomic mass is 16.4. The first-order valence-electron chi connectivity index (χ1n) is 8.25. The summed E-state index contributed by atoms with van der Waals surface area (Å²) in [6, 6.07) is 0.164. The van der Waals surface area contributed by atoms with Crippen molar-refractivity contribution in [3.63, 3.8) is 0 Å². The quantitative estimate of drug-likeness (QED) is 0.848. The molecule has 120 valence electrons. The van der Waals surface area contributed by atoms with Gasteiger partial charge in [0.1, 0.15) is 0 Å². The minimum atomic E-state index is -0.741. The molecule has 2 rings (SSSR count). The van der Waals surface area contributed by atoms with E-state index < -0.39 is 5.97 Å². The fourth-order valence-corrected chi connectivity index (χ4v) is 3.70. The van der Waals surface area contributed by atoms with E-state index in [4.69, 9.17) is 5.11 Å². The Morgan fingerprint density at radius 2 is 1.90 bits per heavy atom. The van der Waals surface area contributed by atoms with Crippen LogP contribution in [0.3, 0.4) is 0 Å². The van der Waals surface area contributed by atoms with Gasteiger partial charge in [-0.1, -0.05) is 13.8 Å². The predicted molar refractivity (Wildman–Crippen MR) is 81.2 cm³/mol. The Bertz CT molecular complexity index is 393. The second-order valence-corrected chi connectivity index (χ2v) is 6.69. The molecule has 0 aromatic rings. The number of aliphatic carboxylic acids is 1. The van der Waals surface area contributed by atoms with E-state index in [0.717, 1.165) is 51.9 Å². The molecule has 0 spiro atoms. The third-order valence-electron chi connectivity index (χ3n) is 5.53. The zero-order valence-electron chi connectivity index (χ0n) is 13.3. The number of rotatable bonds is 5. The molecule has 0 aliphatic carbocycles. The average molecular weight is 296 g/mol. The Balaban J connectivity index is 1.84. The van der Waals surface area contributed by atoms with Crippen molar-refractivity contribution in [1.82, 2.24) is 9.80 Å². The van der Waals surface area contributed by atoms with Crippen LogP contribution in [0.1, 0.15) is 52.4 Å². The molecule has 0 saturated carbocycles. The lowest BCUT2D eigenvalue weighted by Gasteiger charge is -2.28. The Morgan fingerprint density at radius 1 is 1.19 bits per heavy atom. The molecule has 0 bridgehead atoms. The van der Waals surface area contributed by atoms with Gasteiger partial charge in [0.15, 0.2) is 0 Å². The van der Waals surface area contributed by atoms with Crippen LogP contribution in [0.2, 0.25) is 0 Å². The summed E-state index contributed by atoms with van der Waals surface area (Å²) in [5.74, 6) is -0.384. The van der Waals surface area contributed by atoms with Crippen molar-refractivity contribution in [2.24, 2.45) is 11.3 Å². The highest BCUT2D eigenvalue weighted by Crippen LogP contribution is 2.37. The minimum Gasteiger partial charge on any atom is -0.481 e. The first-order chi connectivity index (χ1) is 9.99. The number of carbonyl (C=O) groups excluding carboxylic acids is 1. The number of likely N-dealkylation sites (tertiary alicyclic amines) is 2. The van der Waals surface area contributed by atoms with Crippen LogP contribution in [-0.2, 0) is 4.79 Å². The molecule has 2 aliphatic heterocycles. The van der Waals surface area contributed by atoms with E-state index in [1.807, 2.05) is 9.80 Å². The van der Waals surface area contributed by atoms with Gasteiger partial charge >= 0.3 is 12.0 Å². The van der Waals surface area contributed by atoms with Crippen LogP contribution in [0, 0.1) is 11.3 Å². The smallest absolute Gasteiger partial charge is 0.320 e. The fraction of sp³-hybridized carbons (Fsp3) is 0.875. The molecule has 2 aliphatic rings. The van der Waals surface area contributed by atoms with Gasteiger partial charge in [-0.2, -0.15) is 0 Å². The molecule has 1 atom stereocenters. The first kappa shape index (κ1) is 16.1. The van der Waals surface area contributed by atoms with Gasteiger partial charge in [-0.15, -0.1) is 0 Å². The van der Waals surface area contributed by atoms with Crippen LogP contribution in [-0.4, -0.2) is 53.1 Å². The SMILES string of the molecule is CCC1(CC)CCN(C(=O)N2CCC(CCC(=O)O)C2)C1. The van der Waals surface area contributed by atoms with E-state index in [9.17, 15) is 9.59 Å². The van der Waals surface area contributed by atoms with Gasteiger partial charge in [-0.3, -0.25) is 4.79 Å². The first-order valence-corrected chi connectivity index (χ1v) is 8.25. The predicted octanol–water partition coefficient (Wildman–Crippen LogP) is 2.81. The second kappa shape index (κ2) is 6.67. The standard InChI is InChI=1S/C16H28N2O3/c1-3-16(4-2)8-10-18(12-16)15(21)17-9-7-13(11-17)5-6-14(19)20/h13H,3-12H2,1-2H3,(H,19,20). The molecule has 2 heterocycles. The van der Waals surface area contributed by atoms with Crippen molar-refractivity contribution in [2.75, 3.05) is 26.2 Å². The second-order valence-electron chi connectivity index (χ2n) is 6.69. The van der Waals surface area contributed by atoms with Gasteiger partial charge in [-0.05, 0) is 43.4 Å². The Hall–Kier alpha value is -1.26. The Morgan fingerprint density at radius 3 is 2.48 bits per heavy atom. The number of carboxylic acids is 1. The Labute approximate surface area is 127 Å². The van der Waals surface area contributed by atoms with E-state index >= 15 is 0 Å². The largest absolute Gasteiger partial charge is 0.481 e. The number of hydrogen-bond acceptors (Lipinski definition) is 2. The van der Waals surface area contributed by atoms with Crippen LogP contribution in [0.5, 0.6) is 0 Å². The molecule has 0 aromatic carbocycles. The summed E-state index contributed by atoms with van der Waals surface area (Å²) in [5, 5.41) is 8.74. The summed E-state index contributed by atoms with van der Waals surface area (Å²) >= 11 is 0. The van der Waals surface area contributed by atoms with Gasteiger partial charge in [0.2, 0.25) is 0 Å². The molecule has 1 unspecified atom stereocenters. The minimum absolute atomic E-state index is 0.164. The number of carboxylic acid groups (broad SMARTS) is 1. The maximum absolute atomic E-state index is 12.6. The number of urea groups is 1. The molecule has 5 nitrogen and oxygen atoms in total. The van der Waals surface area contributed by atoms with Crippen LogP contribution < -0.4 is 0 Å². The number of hydrogen-bond donors (Lipinski definition) is 1. The monoisotopic (exact) mass is 296 g/mol. The van der Waals surface area contributed by atoms with Gasteiger partial charge in [0.25, 0.3) is 0 Å². The van der Waals surface area contributed by atoms with Crippen molar-refractivity contribution in [1.29, 1.82) is 0 Å². The lowest BCUT2D eigenvalue weighted by Crippen LogP contribution is -2.41. The summed E-state index contributed by atoms with van der Waals surface area (Å²) < 4.78 is 0. The van der Waals surface area contributed by atoms with Crippen LogP contribution in [0.15, 0.2) is 0 Å². The molecular formula is C16H28N2O3. The van der Waals surface area contributed by atoms with E-state index in [1.54, 1.807) is 0 Å². The topological polar surface area (TPSA) is 60.9 Å². The maximum atomic E-state index is 12.6. The highest BCUT2D eigenvalue weighted by molar-refractivity contribution is 5.75. The third-order valence-corrected chi connectivity index (χ3v) is 5.53. The number of amides is 2. The summed E-state index contributed by atoms with van der Waals surface area (Å²) in [5.41, 5.74) is 0.318. The molecular weight excluding hydrogens is 268 g/mol. The van der Waals surface area contributed by atoms with Gasteiger partial charge in [-0.25, -0.2) is 4.79 Å². The zero-order chi connectivity index (χ0) is 15.5. The molecule has 21 heavy (non-hydrogen) atoms. The average Bonchev–Trinajstić information content (AvgIpc) is 3.12. The third kappa shape index (κ3) is 3.69. The van der Waals surface area contributed by atoms with Crippen molar-refractivity contribution >= 4 is 12.0 Å². The number of carbonyl (C=O) groups is 2. The van der Waals surface area contributed by atoms with Crippen molar-refractivity contribution in [3.05, 3.63) is 0 Å². The van der Waals surface area contributed by atoms with Gasteiger partial charge in [0.05, 0.1) is 0 Å². The molecule has 0 radical (unpaired) electrons. The van der Waals surface area contributed by atoms with Crippen LogP contribution in [0.25, 0.3) is 0 Å². The lowest BCUT2D eigenvalue weighted by atomic mass is 9.82. The van der Waals surface area contributed by atoms with E-state index in [1.165, 1.54) is 0 Å². The molecule has 1 N–H and O–H groups in total. The van der Waals surface area contributed by atoms with Crippen molar-refractivity contribution in [2.45, 2.75) is 52.4 Å². The van der Waals surface area contributed by atoms with Crippen molar-refractivity contribution in [3.8, 4) is 0 Å². The van der Waals surface area contributed by atoms with E-state index in [2.05, 4.69) is 13.8 Å². The molecule has 2 fully saturated rings.